The maximum atomic E-state index is 15.4. The Balaban J connectivity index is 1.22. The highest BCUT2D eigenvalue weighted by atomic mass is 16.7. The molecule has 12 heteroatoms. The topological polar surface area (TPSA) is 153 Å². The Morgan fingerprint density at radius 2 is 1.53 bits per heavy atom. The van der Waals surface area contributed by atoms with Gasteiger partial charge in [0.05, 0.1) is 23.2 Å². The van der Waals surface area contributed by atoms with Crippen LogP contribution in [0, 0.1) is 27.9 Å². The molecule has 12 nitrogen and oxygen atoms in total. The molecule has 0 bridgehead atoms. The number of hydrogen-bond donors (Lipinski definition) is 2. The van der Waals surface area contributed by atoms with Gasteiger partial charge in [0, 0.05) is 55.4 Å². The van der Waals surface area contributed by atoms with Crippen molar-refractivity contribution in [3.63, 3.8) is 0 Å². The summed E-state index contributed by atoms with van der Waals surface area (Å²) in [7, 11) is 0. The molecule has 0 saturated heterocycles. The zero-order valence-corrected chi connectivity index (χ0v) is 39.7. The van der Waals surface area contributed by atoms with Crippen LogP contribution < -0.4 is 9.47 Å². The first-order chi connectivity index (χ1) is 34.2. The average molecular weight is 944 g/mol. The summed E-state index contributed by atoms with van der Waals surface area (Å²) in [4.78, 5) is 34.6. The Bertz CT molecular complexity index is 2900. The number of fused-ring (bicyclic) bond motifs is 4. The Kier molecular flexibility index (Phi) is 15.0. The van der Waals surface area contributed by atoms with Crippen molar-refractivity contribution in [1.82, 2.24) is 4.90 Å². The molecule has 2 aliphatic carbocycles. The monoisotopic (exact) mass is 943 g/mol. The Hall–Kier alpha value is -6.86. The third-order valence-corrected chi connectivity index (χ3v) is 14.3. The summed E-state index contributed by atoms with van der Waals surface area (Å²) in [6.07, 6.45) is 9.34. The number of hydrogen-bond acceptors (Lipinski definition) is 10. The van der Waals surface area contributed by atoms with Crippen LogP contribution in [0.15, 0.2) is 157 Å². The van der Waals surface area contributed by atoms with Gasteiger partial charge in [0.15, 0.2) is 0 Å². The lowest BCUT2D eigenvalue weighted by Crippen LogP contribution is -2.70. The number of nitro groups is 1. The van der Waals surface area contributed by atoms with Crippen LogP contribution in [-0.2, 0) is 16.2 Å². The fourth-order valence-electron chi connectivity index (χ4n) is 11.1. The number of benzene rings is 6. The minimum atomic E-state index is -1.44. The Labute approximate surface area is 409 Å². The number of amides is 1. The van der Waals surface area contributed by atoms with Crippen LogP contribution >= 0.6 is 0 Å². The first-order valence-corrected chi connectivity index (χ1v) is 24.6. The maximum Gasteiger partial charge on any atom is 0.269 e. The number of rotatable bonds is 21. The molecule has 3 aliphatic rings. The molecule has 9 rings (SSSR count). The molecule has 1 amide bonds. The largest absolute Gasteiger partial charge is 0.459 e. The normalized spacial score (nSPS) is 21.8. The Morgan fingerprint density at radius 1 is 0.857 bits per heavy atom. The van der Waals surface area contributed by atoms with Crippen molar-refractivity contribution in [3.8, 4) is 17.2 Å². The van der Waals surface area contributed by atoms with Gasteiger partial charge in [-0.1, -0.05) is 97.7 Å². The van der Waals surface area contributed by atoms with Gasteiger partial charge < -0.3 is 34.2 Å². The number of nitrogens with zero attached hydrogens (tertiary/aromatic N) is 3. The van der Waals surface area contributed by atoms with Crippen molar-refractivity contribution >= 4 is 38.9 Å². The van der Waals surface area contributed by atoms with Gasteiger partial charge in [0.1, 0.15) is 29.9 Å². The number of aliphatic hydroxyl groups excluding tert-OH is 2. The summed E-state index contributed by atoms with van der Waals surface area (Å²) in [5, 5.41) is 40.7. The molecular weight excluding hydrogens is 883 g/mol. The molecule has 6 aromatic carbocycles. The van der Waals surface area contributed by atoms with E-state index in [9.17, 15) is 20.3 Å². The predicted octanol–water partition coefficient (Wildman–Crippen LogP) is 12.1. The quantitative estimate of drug-likeness (QED) is 0.0311. The fourth-order valence-corrected chi connectivity index (χ4v) is 11.1. The number of ether oxygens (including phenoxy) is 3. The molecule has 0 aromatic heterocycles. The molecule has 1 fully saturated rings. The molecule has 2 N–H and O–H groups in total. The zero-order chi connectivity index (χ0) is 48.6. The van der Waals surface area contributed by atoms with Crippen LogP contribution in [0.4, 0.5) is 5.69 Å². The second kappa shape index (κ2) is 21.8. The van der Waals surface area contributed by atoms with Gasteiger partial charge in [-0.15, -0.1) is 6.58 Å². The van der Waals surface area contributed by atoms with E-state index in [0.717, 1.165) is 58.4 Å². The van der Waals surface area contributed by atoms with E-state index in [1.54, 1.807) is 18.2 Å². The van der Waals surface area contributed by atoms with E-state index in [1.807, 2.05) is 83.8 Å². The third-order valence-electron chi connectivity index (χ3n) is 14.3. The number of allylic oxidation sites excluding steroid dienone is 1. The maximum absolute atomic E-state index is 15.4. The van der Waals surface area contributed by atoms with Gasteiger partial charge >= 0.3 is 0 Å². The van der Waals surface area contributed by atoms with Gasteiger partial charge in [-0.3, -0.25) is 14.9 Å². The van der Waals surface area contributed by atoms with E-state index < -0.39 is 22.7 Å². The summed E-state index contributed by atoms with van der Waals surface area (Å²) in [6, 6.07) is 39.5. The summed E-state index contributed by atoms with van der Waals surface area (Å²) >= 11 is 0. The zero-order valence-electron chi connectivity index (χ0n) is 39.7. The van der Waals surface area contributed by atoms with Crippen LogP contribution in [0.2, 0.25) is 0 Å². The summed E-state index contributed by atoms with van der Waals surface area (Å²) in [5.41, 5.74) is 3.74. The number of nitro benzene ring substituents is 1. The highest BCUT2D eigenvalue weighted by Gasteiger charge is 2.65. The lowest BCUT2D eigenvalue weighted by molar-refractivity contribution is -0.384. The van der Waals surface area contributed by atoms with Crippen molar-refractivity contribution < 1.29 is 39.0 Å². The standard InChI is InChI=1S/C58H61N3O9/c1-3-29-60(57(64)45-22-21-40-13-5-7-15-42(40)33-45)54-37-52(59-68-38-39-19-24-46(25-20-39)61(65)66)50-35-44(17-9-11-30-62)49(18-10-12-31-63)55-51-36-48(69-47-26-23-41-14-6-8-16-43(41)34-47)27-28-53(51)70-58(54,56(50)55)67-32-4-2/h4-8,13-16,19-28,33-36,44,49,54-56,62-63H,2-3,9-12,17-18,29-32,37-38H2,1H3. The predicted molar refractivity (Wildman–Crippen MR) is 272 cm³/mol. The molecule has 1 saturated carbocycles. The number of aliphatic hydroxyl groups is 2. The van der Waals surface area contributed by atoms with E-state index in [1.165, 1.54) is 12.1 Å². The summed E-state index contributed by atoms with van der Waals surface area (Å²) in [5.74, 6) is -0.369. The van der Waals surface area contributed by atoms with Crippen molar-refractivity contribution in [3.05, 3.63) is 179 Å². The van der Waals surface area contributed by atoms with E-state index in [-0.39, 0.29) is 62.2 Å². The van der Waals surface area contributed by atoms with Crippen molar-refractivity contribution in [2.75, 3.05) is 26.4 Å². The van der Waals surface area contributed by atoms with Crippen LogP contribution in [0.3, 0.4) is 0 Å². The first-order valence-electron chi connectivity index (χ1n) is 24.6. The minimum absolute atomic E-state index is 0.0149. The van der Waals surface area contributed by atoms with Crippen molar-refractivity contribution in [2.24, 2.45) is 22.9 Å². The second-order valence-corrected chi connectivity index (χ2v) is 18.6. The number of unbranched alkanes of at least 4 members (excludes halogenated alkanes) is 2. The van der Waals surface area contributed by atoms with E-state index in [0.29, 0.717) is 59.9 Å². The van der Waals surface area contributed by atoms with Crippen molar-refractivity contribution in [2.45, 2.75) is 82.6 Å². The summed E-state index contributed by atoms with van der Waals surface area (Å²) < 4.78 is 21.4. The molecule has 0 radical (unpaired) electrons. The minimum Gasteiger partial charge on any atom is -0.459 e. The first kappa shape index (κ1) is 48.2. The molecule has 0 spiro atoms. The number of carbonyl (C=O) groups is 1. The van der Waals surface area contributed by atoms with E-state index in [2.05, 4.69) is 43.8 Å². The lowest BCUT2D eigenvalue weighted by atomic mass is 9.55. The van der Waals surface area contributed by atoms with Gasteiger partial charge in [0.2, 0.25) is 5.79 Å². The van der Waals surface area contributed by atoms with E-state index in [4.69, 9.17) is 24.2 Å². The highest BCUT2D eigenvalue weighted by molar-refractivity contribution is 6.04. The van der Waals surface area contributed by atoms with Crippen LogP contribution in [0.1, 0.15) is 85.7 Å². The molecular formula is C58H61N3O9. The SMILES string of the molecule is C=CCOC12Oc3ccc(Oc4ccc5ccccc5c4)cc3C3C(CCCCO)C(CCCCO)C=C(C(=NOCc4ccc([N+](=O)[O-])cc4)CC1N(CCC)C(=O)c1ccc4ccccc4c1)C32. The van der Waals surface area contributed by atoms with Crippen LogP contribution in [0.25, 0.3) is 21.5 Å². The highest BCUT2D eigenvalue weighted by Crippen LogP contribution is 2.62. The number of oxime groups is 1. The average Bonchev–Trinajstić information content (AvgIpc) is 3.38. The molecule has 1 aliphatic heterocycles. The lowest BCUT2D eigenvalue weighted by Gasteiger charge is -2.60. The molecule has 6 unspecified atom stereocenters. The number of non-ortho nitro benzene ring substituents is 1. The van der Waals surface area contributed by atoms with Gasteiger partial charge in [-0.05, 0) is 131 Å². The molecule has 6 aromatic rings. The van der Waals surface area contributed by atoms with E-state index >= 15 is 4.79 Å². The van der Waals surface area contributed by atoms with Gasteiger partial charge in [-0.25, -0.2) is 0 Å². The smallest absolute Gasteiger partial charge is 0.269 e. The van der Waals surface area contributed by atoms with Crippen molar-refractivity contribution in [1.29, 1.82) is 0 Å². The molecule has 362 valence electrons. The van der Waals surface area contributed by atoms with Gasteiger partial charge in [-0.2, -0.15) is 0 Å². The fraction of sp³-hybridized carbons (Fsp3) is 0.345. The van der Waals surface area contributed by atoms with Crippen LogP contribution in [0.5, 0.6) is 17.2 Å². The molecule has 6 atom stereocenters. The van der Waals surface area contributed by atoms with Gasteiger partial charge in [0.25, 0.3) is 11.6 Å². The summed E-state index contributed by atoms with van der Waals surface area (Å²) in [6.45, 7) is 6.87. The molecule has 1 heterocycles. The number of carbonyl (C=O) groups excluding carboxylic acids is 1. The second-order valence-electron chi connectivity index (χ2n) is 18.6. The van der Waals surface area contributed by atoms with Crippen LogP contribution in [-0.4, -0.2) is 69.8 Å². The molecule has 70 heavy (non-hydrogen) atoms. The third kappa shape index (κ3) is 9.94. The Morgan fingerprint density at radius 3 is 2.23 bits per heavy atom.